The van der Waals surface area contributed by atoms with Crippen molar-refractivity contribution in [2.75, 3.05) is 13.2 Å². The Balaban J connectivity index is 0.000000840. The number of fused-ring (bicyclic) bond motifs is 1. The zero-order valence-electron chi connectivity index (χ0n) is 19.8. The van der Waals surface area contributed by atoms with Crippen LogP contribution in [0.1, 0.15) is 37.9 Å². The van der Waals surface area contributed by atoms with Gasteiger partial charge in [0.25, 0.3) is 0 Å². The van der Waals surface area contributed by atoms with Crippen LogP contribution in [-0.2, 0) is 22.8 Å². The molecule has 0 radical (unpaired) electrons. The summed E-state index contributed by atoms with van der Waals surface area (Å²) in [6.45, 7) is 2.91. The number of carbonyl (C=O) groups excluding carboxylic acids is 2. The van der Waals surface area contributed by atoms with Gasteiger partial charge in [-0.3, -0.25) is 9.59 Å². The Labute approximate surface area is 210 Å². The first-order chi connectivity index (χ1) is 16.9. The number of alkyl halides is 3. The average molecular weight is 522 g/mol. The van der Waals surface area contributed by atoms with Gasteiger partial charge >= 0.3 is 6.18 Å². The van der Waals surface area contributed by atoms with Crippen molar-refractivity contribution >= 4 is 33.8 Å². The fourth-order valence-corrected chi connectivity index (χ4v) is 3.63. The summed E-state index contributed by atoms with van der Waals surface area (Å²) in [5.74, 6) is -0.435. The second kappa shape index (κ2) is 11.0. The van der Waals surface area contributed by atoms with Crippen LogP contribution in [0.15, 0.2) is 30.6 Å². The van der Waals surface area contributed by atoms with Gasteiger partial charge < -0.3 is 14.2 Å². The summed E-state index contributed by atoms with van der Waals surface area (Å²) in [6, 6.07) is 7.38. The minimum atomic E-state index is -4.66. The number of carbonyl (C=O) groups is 2. The van der Waals surface area contributed by atoms with Crippen molar-refractivity contribution in [1.82, 2.24) is 19.4 Å². The van der Waals surface area contributed by atoms with E-state index in [-0.39, 0.29) is 53.0 Å². The summed E-state index contributed by atoms with van der Waals surface area (Å²) < 4.78 is 48.4. The molecule has 2 aromatic heterocycles. The van der Waals surface area contributed by atoms with Crippen LogP contribution in [-0.4, -0.2) is 49.8 Å². The second-order valence-electron chi connectivity index (χ2n) is 8.16. The first-order valence-electron chi connectivity index (χ1n) is 10.9. The van der Waals surface area contributed by atoms with Crippen molar-refractivity contribution in [2.45, 2.75) is 38.9 Å². The molecule has 0 unspecified atom stereocenters. The van der Waals surface area contributed by atoms with E-state index in [4.69, 9.17) is 4.74 Å². The summed E-state index contributed by atoms with van der Waals surface area (Å²) in [6.07, 6.45) is -1.33. The molecule has 2 heterocycles. The molecule has 0 bridgehead atoms. The quantitative estimate of drug-likeness (QED) is 0.436. The molecule has 0 aliphatic heterocycles. The van der Waals surface area contributed by atoms with Crippen LogP contribution in [0, 0.1) is 11.3 Å². The standard InChI is InChI=1S/C22H20F3N5O2.C2H3ClO/c1-13(31)30(15-4-5-15)7-8-32-20-6-3-14(9-16(20)22(23,24)25)17-10-19-21(18(11-26)28-17)27-12-29(19)2;1-2(3)4/h3,6,9-10,12,15H,4-5,7-8H2,1-2H3;1H3. The van der Waals surface area contributed by atoms with Crippen LogP contribution in [0.3, 0.4) is 0 Å². The van der Waals surface area contributed by atoms with E-state index >= 15 is 0 Å². The van der Waals surface area contributed by atoms with E-state index in [0.29, 0.717) is 11.0 Å². The summed E-state index contributed by atoms with van der Waals surface area (Å²) in [5.41, 5.74) is 0.502. The summed E-state index contributed by atoms with van der Waals surface area (Å²) in [7, 11) is 1.73. The summed E-state index contributed by atoms with van der Waals surface area (Å²) in [4.78, 5) is 30.9. The number of ether oxygens (including phenoxy) is 1. The molecule has 190 valence electrons. The van der Waals surface area contributed by atoms with Gasteiger partial charge in [-0.05, 0) is 48.7 Å². The number of hydrogen-bond donors (Lipinski definition) is 0. The number of rotatable bonds is 6. The Bertz CT molecular complexity index is 1330. The lowest BCUT2D eigenvalue weighted by atomic mass is 10.1. The Morgan fingerprint density at radius 3 is 2.50 bits per heavy atom. The van der Waals surface area contributed by atoms with E-state index < -0.39 is 11.7 Å². The van der Waals surface area contributed by atoms with Gasteiger partial charge in [0.1, 0.15) is 23.9 Å². The zero-order valence-corrected chi connectivity index (χ0v) is 20.5. The predicted octanol–water partition coefficient (Wildman–Crippen LogP) is 4.69. The molecule has 1 fully saturated rings. The van der Waals surface area contributed by atoms with Gasteiger partial charge in [0, 0.05) is 32.5 Å². The number of halogens is 4. The normalized spacial score (nSPS) is 12.9. The van der Waals surface area contributed by atoms with Gasteiger partial charge in [-0.1, -0.05) is 0 Å². The van der Waals surface area contributed by atoms with E-state index in [2.05, 4.69) is 21.6 Å². The summed E-state index contributed by atoms with van der Waals surface area (Å²) >= 11 is 4.64. The minimum Gasteiger partial charge on any atom is -0.491 e. The van der Waals surface area contributed by atoms with E-state index in [1.807, 2.05) is 6.07 Å². The maximum atomic E-state index is 13.8. The number of amides is 1. The largest absolute Gasteiger partial charge is 0.491 e. The third-order valence-corrected chi connectivity index (χ3v) is 5.38. The van der Waals surface area contributed by atoms with Crippen molar-refractivity contribution in [3.63, 3.8) is 0 Å². The molecule has 1 amide bonds. The highest BCUT2D eigenvalue weighted by molar-refractivity contribution is 6.62. The first-order valence-corrected chi connectivity index (χ1v) is 11.3. The Hall–Kier alpha value is -3.65. The maximum absolute atomic E-state index is 13.8. The topological polar surface area (TPSA) is 101 Å². The number of hydrogen-bond acceptors (Lipinski definition) is 6. The number of nitriles is 1. The number of imidazole rings is 1. The van der Waals surface area contributed by atoms with Gasteiger partial charge in [0.15, 0.2) is 5.69 Å². The molecule has 1 aliphatic rings. The summed E-state index contributed by atoms with van der Waals surface area (Å²) in [5, 5.41) is 9.02. The van der Waals surface area contributed by atoms with Crippen LogP contribution >= 0.6 is 11.6 Å². The monoisotopic (exact) mass is 521 g/mol. The van der Waals surface area contributed by atoms with E-state index in [9.17, 15) is 28.0 Å². The fourth-order valence-electron chi connectivity index (χ4n) is 3.63. The van der Waals surface area contributed by atoms with Gasteiger partial charge in [-0.25, -0.2) is 9.97 Å². The van der Waals surface area contributed by atoms with Crippen LogP contribution in [0.4, 0.5) is 13.2 Å². The number of pyridine rings is 1. The molecule has 12 heteroatoms. The second-order valence-corrected chi connectivity index (χ2v) is 8.69. The number of benzene rings is 1. The van der Waals surface area contributed by atoms with Gasteiger partial charge in [-0.15, -0.1) is 0 Å². The molecule has 0 spiro atoms. The minimum absolute atomic E-state index is 0.0383. The van der Waals surface area contributed by atoms with E-state index in [0.717, 1.165) is 18.9 Å². The third kappa shape index (κ3) is 6.51. The van der Waals surface area contributed by atoms with Crippen LogP contribution in [0.2, 0.25) is 0 Å². The van der Waals surface area contributed by atoms with Crippen LogP contribution in [0.5, 0.6) is 5.75 Å². The Morgan fingerprint density at radius 1 is 1.28 bits per heavy atom. The smallest absolute Gasteiger partial charge is 0.419 e. The highest BCUT2D eigenvalue weighted by Gasteiger charge is 2.35. The SMILES string of the molecule is CC(=O)Cl.CC(=O)N(CCOc1ccc(-c2cc3c(ncn3C)c(C#N)n2)cc1C(F)(F)F)C1CC1. The molecule has 0 N–H and O–H groups in total. The van der Waals surface area contributed by atoms with E-state index in [1.165, 1.54) is 32.3 Å². The highest BCUT2D eigenvalue weighted by Crippen LogP contribution is 2.39. The van der Waals surface area contributed by atoms with Crippen molar-refractivity contribution in [3.05, 3.63) is 41.9 Å². The fraction of sp³-hybridized carbons (Fsp3) is 0.375. The van der Waals surface area contributed by atoms with Crippen LogP contribution < -0.4 is 4.74 Å². The molecule has 4 rings (SSSR count). The number of aromatic nitrogens is 3. The molecule has 1 saturated carbocycles. The Kier molecular flexibility index (Phi) is 8.20. The molecule has 8 nitrogen and oxygen atoms in total. The highest BCUT2D eigenvalue weighted by atomic mass is 35.5. The van der Waals surface area contributed by atoms with Crippen molar-refractivity contribution in [1.29, 1.82) is 5.26 Å². The lowest BCUT2D eigenvalue weighted by Crippen LogP contribution is -2.34. The van der Waals surface area contributed by atoms with Gasteiger partial charge in [0.05, 0.1) is 29.6 Å². The molecular formula is C24H23ClF3N5O3. The zero-order chi connectivity index (χ0) is 26.6. The van der Waals surface area contributed by atoms with Crippen molar-refractivity contribution < 1.29 is 27.5 Å². The van der Waals surface area contributed by atoms with Gasteiger partial charge in [0.2, 0.25) is 11.1 Å². The molecule has 1 aliphatic carbocycles. The van der Waals surface area contributed by atoms with Crippen molar-refractivity contribution in [2.24, 2.45) is 7.05 Å². The molecular weight excluding hydrogens is 499 g/mol. The lowest BCUT2D eigenvalue weighted by molar-refractivity contribution is -0.139. The average Bonchev–Trinajstić information content (AvgIpc) is 3.57. The third-order valence-electron chi connectivity index (χ3n) is 5.38. The molecule has 36 heavy (non-hydrogen) atoms. The van der Waals surface area contributed by atoms with Crippen molar-refractivity contribution in [3.8, 4) is 23.1 Å². The van der Waals surface area contributed by atoms with E-state index in [1.54, 1.807) is 22.6 Å². The number of aryl methyl sites for hydroxylation is 1. The molecule has 0 saturated heterocycles. The molecule has 0 atom stereocenters. The predicted molar refractivity (Wildman–Crippen MR) is 126 cm³/mol. The Morgan fingerprint density at radius 2 is 1.94 bits per heavy atom. The molecule has 1 aromatic carbocycles. The van der Waals surface area contributed by atoms with Gasteiger partial charge in [-0.2, -0.15) is 18.4 Å². The van der Waals surface area contributed by atoms with Crippen LogP contribution in [0.25, 0.3) is 22.3 Å². The lowest BCUT2D eigenvalue weighted by Gasteiger charge is -2.21. The first kappa shape index (κ1) is 26.9. The maximum Gasteiger partial charge on any atom is 0.419 e. The molecule has 3 aromatic rings. The number of nitrogens with zero attached hydrogens (tertiary/aromatic N) is 5.